The van der Waals surface area contributed by atoms with Gasteiger partial charge in [-0.3, -0.25) is 4.79 Å². The van der Waals surface area contributed by atoms with E-state index in [0.29, 0.717) is 38.5 Å². The van der Waals surface area contributed by atoms with E-state index in [4.69, 9.17) is 4.74 Å². The summed E-state index contributed by atoms with van der Waals surface area (Å²) < 4.78 is 5.23. The molecule has 0 aliphatic carbocycles. The van der Waals surface area contributed by atoms with Gasteiger partial charge in [0.1, 0.15) is 0 Å². The van der Waals surface area contributed by atoms with Crippen LogP contribution in [-0.4, -0.2) is 54.4 Å². The van der Waals surface area contributed by atoms with Gasteiger partial charge in [0, 0.05) is 32.3 Å². The third kappa shape index (κ3) is 4.88. The first-order chi connectivity index (χ1) is 9.78. The molecule has 1 fully saturated rings. The number of carboxylic acids is 1. The number of rotatable bonds is 6. The lowest BCUT2D eigenvalue weighted by Crippen LogP contribution is -2.51. The van der Waals surface area contributed by atoms with Crippen LogP contribution in [0.15, 0.2) is 0 Å². The summed E-state index contributed by atoms with van der Waals surface area (Å²) in [4.78, 5) is 25.6. The molecular formula is C15H28N2O4. The molecule has 21 heavy (non-hydrogen) atoms. The molecule has 0 bridgehead atoms. The third-order valence-electron chi connectivity index (χ3n) is 3.93. The summed E-state index contributed by atoms with van der Waals surface area (Å²) in [5, 5.41) is 12.3. The van der Waals surface area contributed by atoms with Crippen LogP contribution >= 0.6 is 0 Å². The second-order valence-electron chi connectivity index (χ2n) is 6.50. The average Bonchev–Trinajstić information content (AvgIpc) is 2.42. The topological polar surface area (TPSA) is 78.9 Å². The predicted molar refractivity (Wildman–Crippen MR) is 80.2 cm³/mol. The van der Waals surface area contributed by atoms with Gasteiger partial charge in [0.05, 0.1) is 5.41 Å². The van der Waals surface area contributed by atoms with Crippen LogP contribution in [0, 0.1) is 11.3 Å². The molecule has 1 heterocycles. The molecule has 2 N–H and O–H groups in total. The summed E-state index contributed by atoms with van der Waals surface area (Å²) in [5.74, 6) is -0.485. The van der Waals surface area contributed by atoms with Crippen molar-refractivity contribution < 1.29 is 19.4 Å². The number of hydrogen-bond acceptors (Lipinski definition) is 3. The number of carbonyl (C=O) groups is 2. The SMILES string of the molecule is CC(C)CN(C(=O)NCC1(C(=O)O)CCOCC1)C(C)C. The van der Waals surface area contributed by atoms with Crippen LogP contribution in [0.3, 0.4) is 0 Å². The Morgan fingerprint density at radius 2 is 1.81 bits per heavy atom. The van der Waals surface area contributed by atoms with Gasteiger partial charge in [0.2, 0.25) is 0 Å². The summed E-state index contributed by atoms with van der Waals surface area (Å²) in [6.07, 6.45) is 0.878. The van der Waals surface area contributed by atoms with E-state index in [2.05, 4.69) is 19.2 Å². The van der Waals surface area contributed by atoms with Crippen LogP contribution in [0.4, 0.5) is 4.79 Å². The number of nitrogens with one attached hydrogen (secondary N) is 1. The molecule has 0 aromatic heterocycles. The monoisotopic (exact) mass is 300 g/mol. The number of amides is 2. The Morgan fingerprint density at radius 3 is 2.24 bits per heavy atom. The van der Waals surface area contributed by atoms with Gasteiger partial charge in [-0.25, -0.2) is 4.79 Å². The van der Waals surface area contributed by atoms with E-state index >= 15 is 0 Å². The van der Waals surface area contributed by atoms with E-state index < -0.39 is 11.4 Å². The largest absolute Gasteiger partial charge is 0.481 e. The number of hydrogen-bond donors (Lipinski definition) is 2. The molecule has 1 aliphatic heterocycles. The molecule has 6 nitrogen and oxygen atoms in total. The number of nitrogens with zero attached hydrogens (tertiary/aromatic N) is 1. The van der Waals surface area contributed by atoms with Gasteiger partial charge < -0.3 is 20.1 Å². The summed E-state index contributed by atoms with van der Waals surface area (Å²) in [5.41, 5.74) is -0.894. The molecule has 0 atom stereocenters. The van der Waals surface area contributed by atoms with Gasteiger partial charge in [-0.15, -0.1) is 0 Å². The van der Waals surface area contributed by atoms with Crippen LogP contribution < -0.4 is 5.32 Å². The normalized spacial score (nSPS) is 17.8. The fourth-order valence-electron chi connectivity index (χ4n) is 2.50. The molecule has 1 aliphatic rings. The lowest BCUT2D eigenvalue weighted by atomic mass is 9.80. The summed E-state index contributed by atoms with van der Waals surface area (Å²) in [7, 11) is 0. The van der Waals surface area contributed by atoms with Crippen molar-refractivity contribution in [1.29, 1.82) is 0 Å². The molecule has 0 aromatic carbocycles. The number of urea groups is 1. The summed E-state index contributed by atoms with van der Waals surface area (Å²) >= 11 is 0. The fraction of sp³-hybridized carbons (Fsp3) is 0.867. The fourth-order valence-corrected chi connectivity index (χ4v) is 2.50. The summed E-state index contributed by atoms with van der Waals surface area (Å²) in [6.45, 7) is 9.72. The molecule has 0 unspecified atom stereocenters. The minimum atomic E-state index is -0.894. The molecule has 1 rings (SSSR count). The maximum Gasteiger partial charge on any atom is 0.317 e. The molecule has 122 valence electrons. The van der Waals surface area contributed by atoms with Gasteiger partial charge in [0.25, 0.3) is 0 Å². The van der Waals surface area contributed by atoms with E-state index in [9.17, 15) is 14.7 Å². The highest BCUT2D eigenvalue weighted by atomic mass is 16.5. The van der Waals surface area contributed by atoms with Crippen molar-refractivity contribution in [2.75, 3.05) is 26.3 Å². The Hall–Kier alpha value is -1.30. The number of carboxylic acid groups (broad SMARTS) is 1. The highest BCUT2D eigenvalue weighted by Crippen LogP contribution is 2.30. The van der Waals surface area contributed by atoms with Crippen molar-refractivity contribution in [3.05, 3.63) is 0 Å². The number of aliphatic carboxylic acids is 1. The quantitative estimate of drug-likeness (QED) is 0.786. The molecule has 0 spiro atoms. The van der Waals surface area contributed by atoms with Crippen LogP contribution in [0.5, 0.6) is 0 Å². The van der Waals surface area contributed by atoms with Gasteiger partial charge in [-0.05, 0) is 32.6 Å². The van der Waals surface area contributed by atoms with Crippen LogP contribution in [0.2, 0.25) is 0 Å². The third-order valence-corrected chi connectivity index (χ3v) is 3.93. The molecule has 2 amide bonds. The van der Waals surface area contributed by atoms with Crippen LogP contribution in [0.25, 0.3) is 0 Å². The minimum absolute atomic E-state index is 0.0860. The maximum absolute atomic E-state index is 12.3. The zero-order chi connectivity index (χ0) is 16.0. The molecule has 0 aromatic rings. The number of carbonyl (C=O) groups excluding carboxylic acids is 1. The summed E-state index contributed by atoms with van der Waals surface area (Å²) in [6, 6.07) is -0.103. The smallest absolute Gasteiger partial charge is 0.317 e. The average molecular weight is 300 g/mol. The van der Waals surface area contributed by atoms with Gasteiger partial charge in [-0.2, -0.15) is 0 Å². The predicted octanol–water partition coefficient (Wildman–Crippen LogP) is 1.94. The van der Waals surface area contributed by atoms with E-state index in [1.165, 1.54) is 0 Å². The molecule has 6 heteroatoms. The zero-order valence-electron chi connectivity index (χ0n) is 13.5. The Bertz CT molecular complexity index is 363. The van der Waals surface area contributed by atoms with Gasteiger partial charge in [0.15, 0.2) is 0 Å². The molecule has 0 saturated carbocycles. The Kier molecular flexibility index (Phi) is 6.45. The van der Waals surface area contributed by atoms with E-state index in [0.717, 1.165) is 0 Å². The van der Waals surface area contributed by atoms with Crippen molar-refractivity contribution in [3.8, 4) is 0 Å². The van der Waals surface area contributed by atoms with Crippen molar-refractivity contribution >= 4 is 12.0 Å². The standard InChI is InChI=1S/C15H28N2O4/c1-11(2)9-17(12(3)4)14(20)16-10-15(13(18)19)5-7-21-8-6-15/h11-12H,5-10H2,1-4H3,(H,16,20)(H,18,19). The van der Waals surface area contributed by atoms with Gasteiger partial charge in [-0.1, -0.05) is 13.8 Å². The highest BCUT2D eigenvalue weighted by Gasteiger charge is 2.40. The van der Waals surface area contributed by atoms with E-state index in [1.54, 1.807) is 4.90 Å². The Labute approximate surface area is 126 Å². The van der Waals surface area contributed by atoms with Crippen LogP contribution in [0.1, 0.15) is 40.5 Å². The molecule has 0 radical (unpaired) electrons. The first-order valence-corrected chi connectivity index (χ1v) is 7.64. The van der Waals surface area contributed by atoms with E-state index in [-0.39, 0.29) is 18.6 Å². The Morgan fingerprint density at radius 1 is 1.24 bits per heavy atom. The lowest BCUT2D eigenvalue weighted by molar-refractivity contribution is -0.154. The second-order valence-corrected chi connectivity index (χ2v) is 6.50. The highest BCUT2D eigenvalue weighted by molar-refractivity contribution is 5.78. The van der Waals surface area contributed by atoms with Gasteiger partial charge >= 0.3 is 12.0 Å². The zero-order valence-corrected chi connectivity index (χ0v) is 13.5. The van der Waals surface area contributed by atoms with E-state index in [1.807, 2.05) is 13.8 Å². The second kappa shape index (κ2) is 7.64. The Balaban J connectivity index is 2.65. The van der Waals surface area contributed by atoms with Crippen LogP contribution in [-0.2, 0) is 9.53 Å². The van der Waals surface area contributed by atoms with Crippen molar-refractivity contribution in [2.24, 2.45) is 11.3 Å². The maximum atomic E-state index is 12.3. The van der Waals surface area contributed by atoms with Crippen molar-refractivity contribution in [1.82, 2.24) is 10.2 Å². The first kappa shape index (κ1) is 17.8. The van der Waals surface area contributed by atoms with Crippen molar-refractivity contribution in [3.63, 3.8) is 0 Å². The van der Waals surface area contributed by atoms with Crippen molar-refractivity contribution in [2.45, 2.75) is 46.6 Å². The number of ether oxygens (including phenoxy) is 1. The lowest BCUT2D eigenvalue weighted by Gasteiger charge is -2.35. The first-order valence-electron chi connectivity index (χ1n) is 7.64. The minimum Gasteiger partial charge on any atom is -0.481 e. The molecular weight excluding hydrogens is 272 g/mol. The molecule has 1 saturated heterocycles.